The summed E-state index contributed by atoms with van der Waals surface area (Å²) in [6.07, 6.45) is 1.55. The Morgan fingerprint density at radius 1 is 1.21 bits per heavy atom. The third-order valence-corrected chi connectivity index (χ3v) is 4.77. The fourth-order valence-corrected chi connectivity index (χ4v) is 3.12. The lowest BCUT2D eigenvalue weighted by molar-refractivity contribution is -0.274. The fraction of sp³-hybridized carbons (Fsp3) is 0.450. The molecule has 0 aliphatic heterocycles. The molecule has 0 unspecified atom stereocenters. The second-order valence-electron chi connectivity index (χ2n) is 6.71. The number of benzene rings is 1. The van der Waals surface area contributed by atoms with Gasteiger partial charge in [0.25, 0.3) is 5.91 Å². The van der Waals surface area contributed by atoms with Gasteiger partial charge in [-0.1, -0.05) is 31.4 Å². The number of ether oxygens (including phenoxy) is 2. The highest BCUT2D eigenvalue weighted by molar-refractivity contribution is 5.89. The molecule has 1 aliphatic rings. The van der Waals surface area contributed by atoms with Gasteiger partial charge in [-0.3, -0.25) is 4.79 Å². The van der Waals surface area contributed by atoms with E-state index in [-0.39, 0.29) is 5.75 Å². The van der Waals surface area contributed by atoms with Crippen LogP contribution in [0.5, 0.6) is 5.75 Å². The molecule has 0 spiro atoms. The summed E-state index contributed by atoms with van der Waals surface area (Å²) in [4.78, 5) is 25.5. The van der Waals surface area contributed by atoms with E-state index in [9.17, 15) is 28.0 Å². The molecule has 1 fully saturated rings. The number of alkyl halides is 3. The summed E-state index contributed by atoms with van der Waals surface area (Å²) in [5, 5.41) is 9.50. The maximum Gasteiger partial charge on any atom is 0.573 e. The molecule has 1 amide bonds. The number of hydrogen-bond acceptors (Lipinski definition) is 5. The lowest BCUT2D eigenvalue weighted by Gasteiger charge is -2.38. The summed E-state index contributed by atoms with van der Waals surface area (Å²) in [5.41, 5.74) is -0.414. The van der Waals surface area contributed by atoms with Crippen LogP contribution < -0.4 is 4.74 Å². The highest BCUT2D eigenvalue weighted by atomic mass is 19.4. The molecule has 29 heavy (non-hydrogen) atoms. The van der Waals surface area contributed by atoms with Crippen LogP contribution in [0.1, 0.15) is 37.7 Å². The Labute approximate surface area is 166 Å². The van der Waals surface area contributed by atoms with Gasteiger partial charge in [0.05, 0.1) is 6.07 Å². The van der Waals surface area contributed by atoms with Crippen LogP contribution in [0.15, 0.2) is 30.3 Å². The van der Waals surface area contributed by atoms with Gasteiger partial charge in [-0.15, -0.1) is 13.2 Å². The number of carbonyl (C=O) groups is 2. The minimum absolute atomic E-state index is 0.375. The minimum atomic E-state index is -4.78. The van der Waals surface area contributed by atoms with E-state index in [1.807, 2.05) is 0 Å². The Kier molecular flexibility index (Phi) is 7.26. The van der Waals surface area contributed by atoms with Crippen LogP contribution in [-0.2, 0) is 14.3 Å². The molecule has 2 rings (SSSR count). The highest BCUT2D eigenvalue weighted by Gasteiger charge is 2.38. The molecule has 0 N–H and O–H groups in total. The van der Waals surface area contributed by atoms with Gasteiger partial charge in [-0.2, -0.15) is 5.26 Å². The third-order valence-electron chi connectivity index (χ3n) is 4.77. The first-order chi connectivity index (χ1) is 13.6. The van der Waals surface area contributed by atoms with Crippen molar-refractivity contribution in [1.29, 1.82) is 5.26 Å². The molecular formula is C20H21F3N2O4. The first-order valence-corrected chi connectivity index (χ1v) is 9.04. The Morgan fingerprint density at radius 2 is 1.83 bits per heavy atom. The predicted octanol–water partition coefficient (Wildman–Crippen LogP) is 3.83. The summed E-state index contributed by atoms with van der Waals surface area (Å²) in [5.74, 6) is -1.62. The van der Waals surface area contributed by atoms with Crippen molar-refractivity contribution in [3.05, 3.63) is 35.9 Å². The second kappa shape index (κ2) is 9.45. The molecule has 1 saturated carbocycles. The fourth-order valence-electron chi connectivity index (χ4n) is 3.12. The largest absolute Gasteiger partial charge is 0.573 e. The predicted molar refractivity (Wildman–Crippen MR) is 97.3 cm³/mol. The summed E-state index contributed by atoms with van der Waals surface area (Å²) >= 11 is 0. The number of nitrogens with zero attached hydrogens (tertiary/aromatic N) is 2. The summed E-state index contributed by atoms with van der Waals surface area (Å²) in [6.45, 7) is -0.499. The van der Waals surface area contributed by atoms with Gasteiger partial charge in [0.1, 0.15) is 11.3 Å². The zero-order chi connectivity index (χ0) is 21.5. The van der Waals surface area contributed by atoms with E-state index in [4.69, 9.17) is 4.74 Å². The first kappa shape index (κ1) is 22.3. The number of halogens is 3. The summed E-state index contributed by atoms with van der Waals surface area (Å²) in [6, 6.07) is 7.12. The molecule has 156 valence electrons. The number of nitriles is 1. The van der Waals surface area contributed by atoms with E-state index in [2.05, 4.69) is 10.8 Å². The Balaban J connectivity index is 1.86. The van der Waals surface area contributed by atoms with E-state index < -0.39 is 30.4 Å². The van der Waals surface area contributed by atoms with Gasteiger partial charge in [0.2, 0.25) is 0 Å². The Hall–Kier alpha value is -3.02. The zero-order valence-electron chi connectivity index (χ0n) is 15.9. The SMILES string of the molecule is CN(C(=O)COC(=O)/C=C/c1ccc(OC(F)(F)F)cc1)C1(C#N)CCCCC1. The topological polar surface area (TPSA) is 79.6 Å². The maximum absolute atomic E-state index is 12.3. The second-order valence-corrected chi connectivity index (χ2v) is 6.71. The van der Waals surface area contributed by atoms with Crippen molar-refractivity contribution in [3.63, 3.8) is 0 Å². The van der Waals surface area contributed by atoms with Crippen molar-refractivity contribution >= 4 is 18.0 Å². The summed E-state index contributed by atoms with van der Waals surface area (Å²) < 4.78 is 45.0. The average molecular weight is 410 g/mol. The Bertz CT molecular complexity index is 791. The van der Waals surface area contributed by atoms with Crippen molar-refractivity contribution in [2.45, 2.75) is 44.0 Å². The first-order valence-electron chi connectivity index (χ1n) is 9.04. The van der Waals surface area contributed by atoms with E-state index in [1.54, 1.807) is 0 Å². The molecule has 0 atom stereocenters. The number of rotatable bonds is 6. The standard InChI is InChI=1S/C20H21F3N2O4/c1-25(19(14-24)11-3-2-4-12-19)17(26)13-28-18(27)10-7-15-5-8-16(9-6-15)29-20(21,22)23/h5-10H,2-4,11-13H2,1H3/b10-7+. The van der Waals surface area contributed by atoms with Crippen molar-refractivity contribution in [1.82, 2.24) is 4.90 Å². The van der Waals surface area contributed by atoms with Gasteiger partial charge >= 0.3 is 12.3 Å². The molecule has 9 heteroatoms. The van der Waals surface area contributed by atoms with Crippen LogP contribution >= 0.6 is 0 Å². The number of amides is 1. The lowest BCUT2D eigenvalue weighted by atomic mass is 9.81. The van der Waals surface area contributed by atoms with Crippen molar-refractivity contribution in [2.24, 2.45) is 0 Å². The number of carbonyl (C=O) groups excluding carboxylic acids is 2. The van der Waals surface area contributed by atoms with Crippen molar-refractivity contribution < 1.29 is 32.2 Å². The van der Waals surface area contributed by atoms with Gasteiger partial charge in [-0.05, 0) is 36.6 Å². The molecule has 0 heterocycles. The van der Waals surface area contributed by atoms with Crippen LogP contribution in [0.2, 0.25) is 0 Å². The lowest BCUT2D eigenvalue weighted by Crippen LogP contribution is -2.51. The van der Waals surface area contributed by atoms with E-state index in [1.165, 1.54) is 30.2 Å². The molecule has 0 saturated heterocycles. The zero-order valence-corrected chi connectivity index (χ0v) is 15.9. The highest BCUT2D eigenvalue weighted by Crippen LogP contribution is 2.32. The number of likely N-dealkylation sites (N-methyl/N-ethyl adjacent to an activating group) is 1. The van der Waals surface area contributed by atoms with Crippen LogP contribution in [0, 0.1) is 11.3 Å². The average Bonchev–Trinajstić information content (AvgIpc) is 2.70. The number of hydrogen-bond donors (Lipinski definition) is 0. The molecule has 0 bridgehead atoms. The normalized spacial score (nSPS) is 16.1. The van der Waals surface area contributed by atoms with E-state index in [0.29, 0.717) is 18.4 Å². The van der Waals surface area contributed by atoms with Gasteiger partial charge < -0.3 is 14.4 Å². The molecule has 0 aromatic heterocycles. The minimum Gasteiger partial charge on any atom is -0.452 e. The quantitative estimate of drug-likeness (QED) is 0.526. The molecular weight excluding hydrogens is 389 g/mol. The van der Waals surface area contributed by atoms with Crippen LogP contribution in [0.3, 0.4) is 0 Å². The monoisotopic (exact) mass is 410 g/mol. The van der Waals surface area contributed by atoms with E-state index in [0.717, 1.165) is 37.5 Å². The van der Waals surface area contributed by atoms with Crippen LogP contribution in [-0.4, -0.2) is 42.3 Å². The van der Waals surface area contributed by atoms with Crippen LogP contribution in [0.25, 0.3) is 6.08 Å². The number of esters is 1. The molecule has 1 aromatic rings. The molecule has 6 nitrogen and oxygen atoms in total. The van der Waals surface area contributed by atoms with E-state index >= 15 is 0 Å². The van der Waals surface area contributed by atoms with Gasteiger partial charge in [0, 0.05) is 13.1 Å². The van der Waals surface area contributed by atoms with Gasteiger partial charge in [0.15, 0.2) is 6.61 Å². The van der Waals surface area contributed by atoms with Crippen LogP contribution in [0.4, 0.5) is 13.2 Å². The molecule has 0 radical (unpaired) electrons. The summed E-state index contributed by atoms with van der Waals surface area (Å²) in [7, 11) is 1.53. The third kappa shape index (κ3) is 6.52. The maximum atomic E-state index is 12.3. The van der Waals surface area contributed by atoms with Crippen molar-refractivity contribution in [2.75, 3.05) is 13.7 Å². The Morgan fingerprint density at radius 3 is 2.38 bits per heavy atom. The van der Waals surface area contributed by atoms with Crippen molar-refractivity contribution in [3.8, 4) is 11.8 Å². The van der Waals surface area contributed by atoms with Gasteiger partial charge in [-0.25, -0.2) is 4.79 Å². The molecule has 1 aliphatic carbocycles. The molecule has 1 aromatic carbocycles. The smallest absolute Gasteiger partial charge is 0.452 e.